The number of likely N-dealkylation sites (tertiary alicyclic amines) is 3. The second-order valence-corrected chi connectivity index (χ2v) is 8.33. The minimum absolute atomic E-state index is 0. The van der Waals surface area contributed by atoms with E-state index >= 15 is 0 Å². The van der Waals surface area contributed by atoms with Crippen LogP contribution in [0.4, 0.5) is 4.79 Å². The molecule has 3 heterocycles. The number of urea groups is 1. The van der Waals surface area contributed by atoms with Gasteiger partial charge in [-0.2, -0.15) is 5.26 Å². The summed E-state index contributed by atoms with van der Waals surface area (Å²) in [5, 5.41) is 12.5. The fourth-order valence-corrected chi connectivity index (χ4v) is 5.26. The van der Waals surface area contributed by atoms with Gasteiger partial charge in [0, 0.05) is 38.8 Å². The lowest BCUT2D eigenvalue weighted by atomic mass is 10.0. The van der Waals surface area contributed by atoms with Gasteiger partial charge < -0.3 is 20.0 Å². The molecule has 7 nitrogen and oxygen atoms in total. The molecule has 27 heavy (non-hydrogen) atoms. The van der Waals surface area contributed by atoms with Crippen LogP contribution in [-0.2, 0) is 4.79 Å². The molecule has 4 aliphatic rings. The molecule has 0 aromatic rings. The van der Waals surface area contributed by atoms with Gasteiger partial charge in [-0.15, -0.1) is 12.4 Å². The number of carbonyl (C=O) groups is 2. The van der Waals surface area contributed by atoms with Crippen molar-refractivity contribution in [3.63, 3.8) is 0 Å². The molecule has 0 radical (unpaired) electrons. The number of nitrogens with zero attached hydrogens (tertiary/aromatic N) is 4. The first kappa shape index (κ1) is 20.2. The number of nitrogens with one attached hydrogen (secondary N) is 1. The van der Waals surface area contributed by atoms with E-state index in [9.17, 15) is 9.59 Å². The molecule has 8 heteroatoms. The molecule has 3 saturated heterocycles. The van der Waals surface area contributed by atoms with Crippen molar-refractivity contribution in [1.29, 1.82) is 5.26 Å². The molecule has 1 N–H and O–H groups in total. The zero-order chi connectivity index (χ0) is 18.1. The third-order valence-corrected chi connectivity index (χ3v) is 6.66. The van der Waals surface area contributed by atoms with E-state index in [4.69, 9.17) is 5.26 Å². The maximum absolute atomic E-state index is 12.5. The molecule has 4 fully saturated rings. The average molecular weight is 396 g/mol. The van der Waals surface area contributed by atoms with Crippen LogP contribution in [0.15, 0.2) is 0 Å². The average Bonchev–Trinajstić information content (AvgIpc) is 3.42. The number of nitriles is 1. The molecule has 3 atom stereocenters. The molecule has 4 rings (SSSR count). The van der Waals surface area contributed by atoms with Crippen molar-refractivity contribution < 1.29 is 9.59 Å². The lowest BCUT2D eigenvalue weighted by molar-refractivity contribution is -0.130. The van der Waals surface area contributed by atoms with E-state index < -0.39 is 0 Å². The van der Waals surface area contributed by atoms with Crippen LogP contribution in [0.25, 0.3) is 0 Å². The van der Waals surface area contributed by atoms with Gasteiger partial charge in [-0.05, 0) is 50.4 Å². The predicted octanol–water partition coefficient (Wildman–Crippen LogP) is 1.44. The maximum atomic E-state index is 12.5. The van der Waals surface area contributed by atoms with Crippen LogP contribution >= 0.6 is 12.4 Å². The quantitative estimate of drug-likeness (QED) is 0.784. The first-order valence-electron chi connectivity index (χ1n) is 10.1. The standard InChI is InChI=1S/C19H29N5O2.ClH/c20-10-17-4-3-7-24(17)18(25)11-21-16-8-14-12-23(13-15(14)9-16)19(26)22-5-1-2-6-22;/h14-17,21H,1-9,11-13H2;1H/t14?,15?,16?,17-;/m0./s1. The normalized spacial score (nSPS) is 32.3. The summed E-state index contributed by atoms with van der Waals surface area (Å²) in [7, 11) is 0. The number of fused-ring (bicyclic) bond motifs is 1. The summed E-state index contributed by atoms with van der Waals surface area (Å²) >= 11 is 0. The number of hydrogen-bond donors (Lipinski definition) is 1. The van der Waals surface area contributed by atoms with Crippen LogP contribution < -0.4 is 5.32 Å². The highest BCUT2D eigenvalue weighted by Gasteiger charge is 2.43. The maximum Gasteiger partial charge on any atom is 0.320 e. The van der Waals surface area contributed by atoms with Crippen molar-refractivity contribution in [2.24, 2.45) is 11.8 Å². The Morgan fingerprint density at radius 2 is 1.67 bits per heavy atom. The van der Waals surface area contributed by atoms with Crippen LogP contribution in [0.2, 0.25) is 0 Å². The van der Waals surface area contributed by atoms with Crippen LogP contribution in [-0.4, -0.2) is 78.0 Å². The van der Waals surface area contributed by atoms with Crippen LogP contribution in [0.5, 0.6) is 0 Å². The Hall–Kier alpha value is -1.52. The molecule has 0 spiro atoms. The van der Waals surface area contributed by atoms with E-state index in [0.717, 1.165) is 64.7 Å². The number of amides is 3. The third-order valence-electron chi connectivity index (χ3n) is 6.66. The molecule has 1 aliphatic carbocycles. The fourth-order valence-electron chi connectivity index (χ4n) is 5.26. The van der Waals surface area contributed by atoms with Gasteiger partial charge >= 0.3 is 6.03 Å². The summed E-state index contributed by atoms with van der Waals surface area (Å²) in [4.78, 5) is 30.7. The Labute approximate surface area is 167 Å². The molecule has 0 bridgehead atoms. The Bertz CT molecular complexity index is 589. The highest BCUT2D eigenvalue weighted by Crippen LogP contribution is 2.38. The van der Waals surface area contributed by atoms with Crippen molar-refractivity contribution in [1.82, 2.24) is 20.0 Å². The van der Waals surface area contributed by atoms with Crippen LogP contribution in [0, 0.1) is 23.2 Å². The first-order valence-corrected chi connectivity index (χ1v) is 10.1. The van der Waals surface area contributed by atoms with E-state index in [0.29, 0.717) is 31.0 Å². The van der Waals surface area contributed by atoms with Gasteiger partial charge in [0.25, 0.3) is 0 Å². The van der Waals surface area contributed by atoms with E-state index in [2.05, 4.69) is 11.4 Å². The van der Waals surface area contributed by atoms with Crippen LogP contribution in [0.1, 0.15) is 38.5 Å². The van der Waals surface area contributed by atoms with Gasteiger partial charge in [0.05, 0.1) is 12.6 Å². The molecule has 3 aliphatic heterocycles. The van der Waals surface area contributed by atoms with E-state index in [1.165, 1.54) is 0 Å². The second kappa shape index (κ2) is 8.66. The largest absolute Gasteiger partial charge is 0.326 e. The smallest absolute Gasteiger partial charge is 0.320 e. The van der Waals surface area contributed by atoms with Crippen LogP contribution in [0.3, 0.4) is 0 Å². The van der Waals surface area contributed by atoms with Crippen molar-refractivity contribution in [2.45, 2.75) is 50.6 Å². The number of halogens is 1. The van der Waals surface area contributed by atoms with Crippen molar-refractivity contribution in [2.75, 3.05) is 39.3 Å². The summed E-state index contributed by atoms with van der Waals surface area (Å²) in [6.07, 6.45) is 6.09. The summed E-state index contributed by atoms with van der Waals surface area (Å²) in [5.74, 6) is 1.18. The monoisotopic (exact) mass is 395 g/mol. The molecule has 2 unspecified atom stereocenters. The molecular weight excluding hydrogens is 366 g/mol. The van der Waals surface area contributed by atoms with Gasteiger partial charge in [-0.25, -0.2) is 4.79 Å². The number of rotatable bonds is 3. The molecule has 3 amide bonds. The summed E-state index contributed by atoms with van der Waals surface area (Å²) < 4.78 is 0. The summed E-state index contributed by atoms with van der Waals surface area (Å²) in [6.45, 7) is 4.61. The third kappa shape index (κ3) is 4.17. The predicted molar refractivity (Wildman–Crippen MR) is 103 cm³/mol. The zero-order valence-corrected chi connectivity index (χ0v) is 16.6. The summed E-state index contributed by atoms with van der Waals surface area (Å²) in [6, 6.07) is 2.58. The lowest BCUT2D eigenvalue weighted by Crippen LogP contribution is -2.44. The van der Waals surface area contributed by atoms with Gasteiger partial charge in [-0.3, -0.25) is 4.79 Å². The van der Waals surface area contributed by atoms with Gasteiger partial charge in [0.1, 0.15) is 6.04 Å². The Morgan fingerprint density at radius 3 is 2.30 bits per heavy atom. The Kier molecular flexibility index (Phi) is 6.48. The number of hydrogen-bond acceptors (Lipinski definition) is 4. The van der Waals surface area contributed by atoms with E-state index in [1.54, 1.807) is 4.90 Å². The van der Waals surface area contributed by atoms with Gasteiger partial charge in [-0.1, -0.05) is 0 Å². The molecule has 1 saturated carbocycles. The van der Waals surface area contributed by atoms with Crippen molar-refractivity contribution in [3.05, 3.63) is 0 Å². The Balaban J connectivity index is 0.00000210. The topological polar surface area (TPSA) is 79.7 Å². The van der Waals surface area contributed by atoms with E-state index in [1.807, 2.05) is 9.80 Å². The molecule has 0 aromatic carbocycles. The first-order chi connectivity index (χ1) is 12.7. The highest BCUT2D eigenvalue weighted by atomic mass is 35.5. The highest BCUT2D eigenvalue weighted by molar-refractivity contribution is 5.85. The lowest BCUT2D eigenvalue weighted by Gasteiger charge is -2.25. The Morgan fingerprint density at radius 1 is 1.00 bits per heavy atom. The fraction of sp³-hybridized carbons (Fsp3) is 0.842. The molecule has 0 aromatic heterocycles. The zero-order valence-electron chi connectivity index (χ0n) is 15.8. The molecule has 150 valence electrons. The minimum Gasteiger partial charge on any atom is -0.326 e. The summed E-state index contributed by atoms with van der Waals surface area (Å²) in [5.41, 5.74) is 0. The van der Waals surface area contributed by atoms with Gasteiger partial charge in [0.15, 0.2) is 0 Å². The van der Waals surface area contributed by atoms with Gasteiger partial charge in [0.2, 0.25) is 5.91 Å². The van der Waals surface area contributed by atoms with Crippen molar-refractivity contribution >= 4 is 24.3 Å². The number of carbonyl (C=O) groups excluding carboxylic acids is 2. The second-order valence-electron chi connectivity index (χ2n) is 8.33. The van der Waals surface area contributed by atoms with Crippen molar-refractivity contribution in [3.8, 4) is 6.07 Å². The van der Waals surface area contributed by atoms with E-state index in [-0.39, 0.29) is 30.4 Å². The SMILES string of the molecule is Cl.N#C[C@@H]1CCCN1C(=O)CNC1CC2CN(C(=O)N3CCCC3)CC2C1. The minimum atomic E-state index is -0.239. The molecular formula is C19H30ClN5O2.